The lowest BCUT2D eigenvalue weighted by molar-refractivity contribution is -0.257. The van der Waals surface area contributed by atoms with Crippen LogP contribution in [0.5, 0.6) is 0 Å². The molecule has 280 valence electrons. The van der Waals surface area contributed by atoms with Crippen molar-refractivity contribution in [1.82, 2.24) is 25.1 Å². The lowest BCUT2D eigenvalue weighted by Crippen LogP contribution is -2.69. The van der Waals surface area contributed by atoms with Gasteiger partial charge in [0, 0.05) is 29.6 Å². The number of ether oxygens (including phenoxy) is 3. The second-order valence-electron chi connectivity index (χ2n) is 19.0. The Morgan fingerprint density at radius 1 is 1.06 bits per heavy atom. The summed E-state index contributed by atoms with van der Waals surface area (Å²) in [5.74, 6) is 0.504. The maximum Gasteiger partial charge on any atom is 0.307 e. The third-order valence-corrected chi connectivity index (χ3v) is 16.7. The van der Waals surface area contributed by atoms with E-state index in [0.29, 0.717) is 37.6 Å². The van der Waals surface area contributed by atoms with E-state index in [2.05, 4.69) is 88.9 Å². The van der Waals surface area contributed by atoms with Gasteiger partial charge in [0.25, 0.3) is 5.95 Å². The van der Waals surface area contributed by atoms with Crippen LogP contribution in [0.2, 0.25) is 0 Å². The molecule has 11 heteroatoms. The smallest absolute Gasteiger partial charge is 0.307 e. The zero-order valence-electron chi connectivity index (χ0n) is 32.2. The molecule has 1 aromatic rings. The van der Waals surface area contributed by atoms with Crippen molar-refractivity contribution in [2.75, 3.05) is 52.9 Å². The van der Waals surface area contributed by atoms with E-state index >= 15 is 0 Å². The number of nitrogen functional groups attached to an aromatic ring is 1. The molecule has 0 unspecified atom stereocenters. The maximum atomic E-state index is 13.5. The van der Waals surface area contributed by atoms with Crippen LogP contribution < -0.4 is 5.73 Å². The molecule has 3 N–H and O–H groups in total. The van der Waals surface area contributed by atoms with E-state index in [0.717, 1.165) is 64.6 Å². The normalized spacial score (nSPS) is 44.5. The molecule has 7 rings (SSSR count). The molecule has 2 saturated heterocycles. The number of hydrogen-bond acceptors (Lipinski definition) is 9. The van der Waals surface area contributed by atoms with Crippen LogP contribution in [0, 0.1) is 56.7 Å². The van der Waals surface area contributed by atoms with E-state index in [1.165, 1.54) is 5.57 Å². The van der Waals surface area contributed by atoms with Gasteiger partial charge in [-0.15, -0.1) is 5.10 Å². The second kappa shape index (κ2) is 12.2. The Hall–Kier alpha value is -2.08. The number of rotatable bonds is 8. The Morgan fingerprint density at radius 3 is 2.40 bits per heavy atom. The molecule has 0 radical (unpaired) electrons. The summed E-state index contributed by atoms with van der Waals surface area (Å²) < 4.78 is 19.8. The van der Waals surface area contributed by atoms with Gasteiger partial charge in [-0.05, 0) is 111 Å². The van der Waals surface area contributed by atoms with Gasteiger partial charge in [-0.2, -0.15) is 4.80 Å². The number of aromatic nitrogens is 4. The van der Waals surface area contributed by atoms with Crippen LogP contribution in [-0.4, -0.2) is 95.0 Å². The number of carboxylic acids is 1. The fourth-order valence-electron chi connectivity index (χ4n) is 13.2. The van der Waals surface area contributed by atoms with E-state index in [9.17, 15) is 9.90 Å². The molecule has 11 nitrogen and oxygen atoms in total. The second-order valence-corrected chi connectivity index (χ2v) is 19.0. The van der Waals surface area contributed by atoms with Crippen molar-refractivity contribution in [3.05, 3.63) is 11.6 Å². The molecule has 2 bridgehead atoms. The summed E-state index contributed by atoms with van der Waals surface area (Å²) in [6, 6.07) is -0.168. The maximum absolute atomic E-state index is 13.5. The highest BCUT2D eigenvalue weighted by atomic mass is 16.5. The van der Waals surface area contributed by atoms with E-state index in [1.54, 1.807) is 4.80 Å². The zero-order valence-corrected chi connectivity index (χ0v) is 32.2. The van der Waals surface area contributed by atoms with Crippen LogP contribution in [0.15, 0.2) is 11.6 Å². The number of carbonyl (C=O) groups is 1. The van der Waals surface area contributed by atoms with Gasteiger partial charge in [-0.25, -0.2) is 0 Å². The standard InChI is InChI=1S/C39H64N6O5/c1-24(2)25(3)34(4)14-15-36(6)26-10-11-29-35(5)21-49-23-39(29,27(26)12-13-37(36,7)30(34)32(46)47)20-28(45-42-33(40)41-43-45)31(35)50-22-38(44(8)9)16-18-48-19-17-38/h12,24-26,28-31H,10-11,13-23H2,1-9H3,(H2,40,42)(H,46,47)/t25-,26+,28-,29+,30-,31+,34-,35-,36-,37+,39+/m1/s1. The van der Waals surface area contributed by atoms with Crippen LogP contribution >= 0.6 is 0 Å². The first-order chi connectivity index (χ1) is 23.5. The first-order valence-electron chi connectivity index (χ1n) is 19.4. The number of anilines is 1. The van der Waals surface area contributed by atoms with Crippen molar-refractivity contribution < 1.29 is 24.1 Å². The van der Waals surface area contributed by atoms with Gasteiger partial charge < -0.3 is 30.0 Å². The first kappa shape index (κ1) is 36.3. The number of likely N-dealkylation sites (N-methyl/N-ethyl adjacent to an activating group) is 1. The minimum Gasteiger partial charge on any atom is -0.481 e. The molecule has 4 aliphatic carbocycles. The molecule has 1 aromatic heterocycles. The Labute approximate surface area is 299 Å². The molecule has 0 amide bonds. The number of fused-ring (bicyclic) bond motifs is 3. The average Bonchev–Trinajstić information content (AvgIpc) is 3.50. The summed E-state index contributed by atoms with van der Waals surface area (Å²) in [6.07, 6.45) is 9.80. The van der Waals surface area contributed by atoms with E-state index in [4.69, 9.17) is 19.9 Å². The highest BCUT2D eigenvalue weighted by Crippen LogP contribution is 2.75. The summed E-state index contributed by atoms with van der Waals surface area (Å²) in [7, 11) is 4.31. The van der Waals surface area contributed by atoms with Gasteiger partial charge in [0.15, 0.2) is 0 Å². The highest BCUT2D eigenvalue weighted by Gasteiger charge is 2.72. The SMILES string of the molecule is CC(C)[C@@H](C)[C@@]1(C)CC[C@]2(C)[C@H]3CC[C@@H]4[C@@]5(COC[C@@]4(C)[C@@H](OCC4(N(C)C)CCOCC4)[C@H](n4nnc(N)n4)C5)C3=CC[C@@]2(C)[C@@H]1C(=O)O. The van der Waals surface area contributed by atoms with Crippen molar-refractivity contribution in [3.63, 3.8) is 0 Å². The minimum absolute atomic E-state index is 0.107. The predicted octanol–water partition coefficient (Wildman–Crippen LogP) is 5.88. The largest absolute Gasteiger partial charge is 0.481 e. The topological polar surface area (TPSA) is 138 Å². The van der Waals surface area contributed by atoms with Crippen molar-refractivity contribution >= 4 is 11.9 Å². The lowest BCUT2D eigenvalue weighted by Gasteiger charge is -2.71. The minimum atomic E-state index is -0.627. The van der Waals surface area contributed by atoms with E-state index in [1.807, 2.05) is 0 Å². The van der Waals surface area contributed by atoms with Crippen LogP contribution in [0.4, 0.5) is 5.95 Å². The molecule has 50 heavy (non-hydrogen) atoms. The van der Waals surface area contributed by atoms with Gasteiger partial charge >= 0.3 is 5.97 Å². The fourth-order valence-corrected chi connectivity index (χ4v) is 13.2. The number of allylic oxidation sites excluding steroid dienone is 1. The summed E-state index contributed by atoms with van der Waals surface area (Å²) in [6.45, 7) is 19.5. The van der Waals surface area contributed by atoms with E-state index in [-0.39, 0.29) is 56.6 Å². The number of nitrogens with two attached hydrogens (primary N) is 1. The van der Waals surface area contributed by atoms with E-state index < -0.39 is 11.9 Å². The van der Waals surface area contributed by atoms with Crippen molar-refractivity contribution in [2.24, 2.45) is 56.7 Å². The van der Waals surface area contributed by atoms with Crippen LogP contribution in [-0.2, 0) is 19.0 Å². The summed E-state index contributed by atoms with van der Waals surface area (Å²) in [4.78, 5) is 17.5. The van der Waals surface area contributed by atoms with Gasteiger partial charge in [-0.1, -0.05) is 65.2 Å². The molecule has 0 spiro atoms. The molecule has 3 heterocycles. The van der Waals surface area contributed by atoms with Crippen LogP contribution in [0.1, 0.15) is 106 Å². The molecular formula is C39H64N6O5. The summed E-state index contributed by atoms with van der Waals surface area (Å²) in [5.41, 5.74) is 6.21. The molecule has 6 aliphatic rings. The van der Waals surface area contributed by atoms with Gasteiger partial charge in [0.05, 0.1) is 31.8 Å². The van der Waals surface area contributed by atoms with Crippen molar-refractivity contribution in [1.29, 1.82) is 0 Å². The highest BCUT2D eigenvalue weighted by molar-refractivity contribution is 5.73. The Bertz CT molecular complexity index is 1490. The third kappa shape index (κ3) is 4.94. The number of tetrazole rings is 1. The summed E-state index contributed by atoms with van der Waals surface area (Å²) >= 11 is 0. The van der Waals surface area contributed by atoms with Crippen molar-refractivity contribution in [3.8, 4) is 0 Å². The Kier molecular flexibility index (Phi) is 8.88. The monoisotopic (exact) mass is 696 g/mol. The predicted molar refractivity (Wildman–Crippen MR) is 191 cm³/mol. The van der Waals surface area contributed by atoms with Gasteiger partial charge in [-0.3, -0.25) is 4.79 Å². The number of aliphatic carboxylic acids is 1. The fraction of sp³-hybridized carbons (Fsp3) is 0.897. The van der Waals surface area contributed by atoms with Gasteiger partial charge in [0.2, 0.25) is 0 Å². The zero-order chi connectivity index (χ0) is 36.1. The quantitative estimate of drug-likeness (QED) is 0.317. The van der Waals surface area contributed by atoms with Crippen LogP contribution in [0.3, 0.4) is 0 Å². The Balaban J connectivity index is 1.30. The first-order valence-corrected chi connectivity index (χ1v) is 19.4. The number of nitrogens with zero attached hydrogens (tertiary/aromatic N) is 5. The Morgan fingerprint density at radius 2 is 1.78 bits per heavy atom. The average molecular weight is 697 g/mol. The molecule has 11 atom stereocenters. The molecule has 2 aliphatic heterocycles. The summed E-state index contributed by atoms with van der Waals surface area (Å²) in [5, 5.41) is 24.4. The van der Waals surface area contributed by atoms with Crippen molar-refractivity contribution in [2.45, 2.75) is 118 Å². The lowest BCUT2D eigenvalue weighted by atomic mass is 9.34. The van der Waals surface area contributed by atoms with Crippen LogP contribution in [0.25, 0.3) is 0 Å². The number of carboxylic acid groups (broad SMARTS) is 1. The molecule has 5 fully saturated rings. The number of hydrogen-bond donors (Lipinski definition) is 2. The molecule has 0 aromatic carbocycles. The third-order valence-electron chi connectivity index (χ3n) is 16.7. The molecule has 3 saturated carbocycles. The molecular weight excluding hydrogens is 632 g/mol. The van der Waals surface area contributed by atoms with Gasteiger partial charge in [0.1, 0.15) is 6.04 Å².